The van der Waals surface area contributed by atoms with Crippen molar-refractivity contribution in [2.45, 2.75) is 6.10 Å². The van der Waals surface area contributed by atoms with E-state index in [1.54, 1.807) is 33.3 Å². The van der Waals surface area contributed by atoms with Crippen LogP contribution < -0.4 is 0 Å². The van der Waals surface area contributed by atoms with E-state index in [1.807, 2.05) is 17.0 Å². The molecule has 1 aromatic carbocycles. The molecule has 0 fully saturated rings. The maximum absolute atomic E-state index is 11.8. The molecular formula is C15H23ClN2O3. The molecule has 0 aliphatic carbocycles. The van der Waals surface area contributed by atoms with Gasteiger partial charge in [0.05, 0.1) is 19.3 Å². The Morgan fingerprint density at radius 3 is 2.62 bits per heavy atom. The standard InChI is InChI=1S/C15H23ClN2O3/c1-17(2)15(20)11-18(8-9-21-3)10-14(19)12-6-4-5-7-13(12)16/h4-7,14,19H,8-11H2,1-3H3. The molecule has 1 amide bonds. The Hall–Kier alpha value is -1.14. The average Bonchev–Trinajstić information content (AvgIpc) is 2.44. The Morgan fingerprint density at radius 1 is 1.38 bits per heavy atom. The number of halogens is 1. The van der Waals surface area contributed by atoms with Crippen LogP contribution in [-0.4, -0.2) is 68.3 Å². The van der Waals surface area contributed by atoms with Crippen molar-refractivity contribution in [2.75, 3.05) is 47.4 Å². The van der Waals surface area contributed by atoms with E-state index in [1.165, 1.54) is 4.90 Å². The van der Waals surface area contributed by atoms with Crippen molar-refractivity contribution >= 4 is 17.5 Å². The lowest BCUT2D eigenvalue weighted by molar-refractivity contribution is -0.130. The van der Waals surface area contributed by atoms with Crippen LogP contribution in [-0.2, 0) is 9.53 Å². The van der Waals surface area contributed by atoms with E-state index < -0.39 is 6.10 Å². The van der Waals surface area contributed by atoms with Crippen LogP contribution in [0, 0.1) is 0 Å². The summed E-state index contributed by atoms with van der Waals surface area (Å²) < 4.78 is 5.05. The van der Waals surface area contributed by atoms with Crippen molar-refractivity contribution in [3.05, 3.63) is 34.9 Å². The summed E-state index contributed by atoms with van der Waals surface area (Å²) in [5.41, 5.74) is 0.666. The minimum atomic E-state index is -0.745. The first-order chi connectivity index (χ1) is 9.95. The predicted octanol–water partition coefficient (Wildman–Crippen LogP) is 1.41. The quantitative estimate of drug-likeness (QED) is 0.788. The minimum Gasteiger partial charge on any atom is -0.387 e. The Labute approximate surface area is 131 Å². The summed E-state index contributed by atoms with van der Waals surface area (Å²) in [5.74, 6) is -0.0162. The van der Waals surface area contributed by atoms with Crippen molar-refractivity contribution in [1.29, 1.82) is 0 Å². The third-order valence-electron chi connectivity index (χ3n) is 3.16. The third-order valence-corrected chi connectivity index (χ3v) is 3.51. The summed E-state index contributed by atoms with van der Waals surface area (Å²) in [7, 11) is 5.03. The van der Waals surface area contributed by atoms with Crippen LogP contribution in [0.25, 0.3) is 0 Å². The maximum Gasteiger partial charge on any atom is 0.236 e. The second-order valence-corrected chi connectivity index (χ2v) is 5.46. The molecule has 0 bridgehead atoms. The fraction of sp³-hybridized carbons (Fsp3) is 0.533. The first kappa shape index (κ1) is 17.9. The van der Waals surface area contributed by atoms with Crippen LogP contribution in [0.15, 0.2) is 24.3 Å². The molecule has 0 radical (unpaired) electrons. The second kappa shape index (κ2) is 9.00. The third kappa shape index (κ3) is 6.01. The second-order valence-electron chi connectivity index (χ2n) is 5.05. The zero-order valence-electron chi connectivity index (χ0n) is 12.8. The molecular weight excluding hydrogens is 292 g/mol. The number of ether oxygens (including phenoxy) is 1. The van der Waals surface area contributed by atoms with E-state index in [0.717, 1.165) is 0 Å². The van der Waals surface area contributed by atoms with E-state index in [0.29, 0.717) is 30.3 Å². The lowest BCUT2D eigenvalue weighted by Gasteiger charge is -2.26. The molecule has 1 atom stereocenters. The number of aliphatic hydroxyl groups is 1. The molecule has 6 heteroatoms. The van der Waals surface area contributed by atoms with Crippen molar-refractivity contribution in [2.24, 2.45) is 0 Å². The summed E-state index contributed by atoms with van der Waals surface area (Å²) in [6.07, 6.45) is -0.745. The number of hydrogen-bond acceptors (Lipinski definition) is 4. The van der Waals surface area contributed by atoms with Gasteiger partial charge in [0.2, 0.25) is 5.91 Å². The van der Waals surface area contributed by atoms with E-state index in [9.17, 15) is 9.90 Å². The number of carbonyl (C=O) groups is 1. The van der Waals surface area contributed by atoms with Gasteiger partial charge in [-0.3, -0.25) is 9.69 Å². The van der Waals surface area contributed by atoms with Crippen molar-refractivity contribution in [3.63, 3.8) is 0 Å². The molecule has 5 nitrogen and oxygen atoms in total. The van der Waals surface area contributed by atoms with Crippen molar-refractivity contribution in [3.8, 4) is 0 Å². The number of methoxy groups -OCH3 is 1. The molecule has 1 rings (SSSR count). The summed E-state index contributed by atoms with van der Waals surface area (Å²) >= 11 is 6.08. The summed E-state index contributed by atoms with van der Waals surface area (Å²) in [6.45, 7) is 1.62. The van der Waals surface area contributed by atoms with Crippen LogP contribution in [0.1, 0.15) is 11.7 Å². The lowest BCUT2D eigenvalue weighted by Crippen LogP contribution is -2.40. The Kier molecular flexibility index (Phi) is 7.67. The maximum atomic E-state index is 11.8. The summed E-state index contributed by atoms with van der Waals surface area (Å²) in [5, 5.41) is 10.9. The van der Waals surface area contributed by atoms with Gasteiger partial charge in [-0.05, 0) is 6.07 Å². The molecule has 0 spiro atoms. The van der Waals surface area contributed by atoms with Crippen LogP contribution in [0.2, 0.25) is 5.02 Å². The number of likely N-dealkylation sites (N-methyl/N-ethyl adjacent to an activating group) is 1. The first-order valence-electron chi connectivity index (χ1n) is 6.79. The molecule has 1 N–H and O–H groups in total. The highest BCUT2D eigenvalue weighted by Gasteiger charge is 2.18. The van der Waals surface area contributed by atoms with Crippen LogP contribution in [0.4, 0.5) is 0 Å². The van der Waals surface area contributed by atoms with E-state index in [4.69, 9.17) is 16.3 Å². The fourth-order valence-electron chi connectivity index (χ4n) is 1.88. The Bertz CT molecular complexity index is 454. The largest absolute Gasteiger partial charge is 0.387 e. The van der Waals surface area contributed by atoms with Gasteiger partial charge in [-0.1, -0.05) is 29.8 Å². The van der Waals surface area contributed by atoms with Crippen LogP contribution >= 0.6 is 11.6 Å². The van der Waals surface area contributed by atoms with E-state index >= 15 is 0 Å². The monoisotopic (exact) mass is 314 g/mol. The van der Waals surface area contributed by atoms with Gasteiger partial charge in [-0.25, -0.2) is 0 Å². The molecule has 118 valence electrons. The number of benzene rings is 1. The highest BCUT2D eigenvalue weighted by molar-refractivity contribution is 6.31. The number of hydrogen-bond donors (Lipinski definition) is 1. The van der Waals surface area contributed by atoms with Crippen LogP contribution in [0.3, 0.4) is 0 Å². The summed E-state index contributed by atoms with van der Waals surface area (Å²) in [4.78, 5) is 15.2. The molecule has 1 unspecified atom stereocenters. The van der Waals surface area contributed by atoms with Gasteiger partial charge in [0, 0.05) is 44.9 Å². The molecule has 1 aromatic rings. The number of carbonyl (C=O) groups excluding carboxylic acids is 1. The molecule has 21 heavy (non-hydrogen) atoms. The van der Waals surface area contributed by atoms with E-state index in [2.05, 4.69) is 0 Å². The SMILES string of the molecule is COCCN(CC(=O)N(C)C)CC(O)c1ccccc1Cl. The minimum absolute atomic E-state index is 0.0162. The van der Waals surface area contributed by atoms with Gasteiger partial charge in [0.1, 0.15) is 0 Å². The van der Waals surface area contributed by atoms with Gasteiger partial charge < -0.3 is 14.7 Å². The Balaban J connectivity index is 2.71. The van der Waals surface area contributed by atoms with E-state index in [-0.39, 0.29) is 12.5 Å². The molecule has 0 aromatic heterocycles. The zero-order chi connectivity index (χ0) is 15.8. The molecule has 0 heterocycles. The highest BCUT2D eigenvalue weighted by Crippen LogP contribution is 2.23. The number of rotatable bonds is 8. The van der Waals surface area contributed by atoms with Gasteiger partial charge in [0.15, 0.2) is 0 Å². The number of amides is 1. The van der Waals surface area contributed by atoms with Gasteiger partial charge in [-0.15, -0.1) is 0 Å². The van der Waals surface area contributed by atoms with Gasteiger partial charge in [0.25, 0.3) is 0 Å². The smallest absolute Gasteiger partial charge is 0.236 e. The van der Waals surface area contributed by atoms with Crippen molar-refractivity contribution in [1.82, 2.24) is 9.80 Å². The fourth-order valence-corrected chi connectivity index (χ4v) is 2.14. The van der Waals surface area contributed by atoms with Crippen molar-refractivity contribution < 1.29 is 14.6 Å². The predicted molar refractivity (Wildman–Crippen MR) is 83.4 cm³/mol. The first-order valence-corrected chi connectivity index (χ1v) is 7.17. The Morgan fingerprint density at radius 2 is 2.05 bits per heavy atom. The molecule has 0 aliphatic rings. The average molecular weight is 315 g/mol. The lowest BCUT2D eigenvalue weighted by atomic mass is 10.1. The number of nitrogens with zero attached hydrogens (tertiary/aromatic N) is 2. The molecule has 0 aliphatic heterocycles. The zero-order valence-corrected chi connectivity index (χ0v) is 13.5. The van der Waals surface area contributed by atoms with Crippen LogP contribution in [0.5, 0.6) is 0 Å². The normalized spacial score (nSPS) is 12.5. The molecule has 0 saturated heterocycles. The summed E-state index contributed by atoms with van der Waals surface area (Å²) in [6, 6.07) is 7.17. The number of aliphatic hydroxyl groups excluding tert-OH is 1. The topological polar surface area (TPSA) is 53.0 Å². The van der Waals surface area contributed by atoms with Gasteiger partial charge in [-0.2, -0.15) is 0 Å². The molecule has 0 saturated carbocycles. The highest BCUT2D eigenvalue weighted by atomic mass is 35.5. The van der Waals surface area contributed by atoms with Gasteiger partial charge >= 0.3 is 0 Å².